The van der Waals surface area contributed by atoms with Crippen molar-refractivity contribution in [1.29, 1.82) is 0 Å². The van der Waals surface area contributed by atoms with Gasteiger partial charge in [-0.2, -0.15) is 0 Å². The zero-order valence-electron chi connectivity index (χ0n) is 11.6. The van der Waals surface area contributed by atoms with Gasteiger partial charge in [0.2, 0.25) is 0 Å². The molecule has 0 fully saturated rings. The number of pyridine rings is 1. The predicted molar refractivity (Wildman–Crippen MR) is 77.3 cm³/mol. The minimum atomic E-state index is -0.991. The first-order valence-corrected chi connectivity index (χ1v) is 6.58. The summed E-state index contributed by atoms with van der Waals surface area (Å²) < 4.78 is 18.1. The molecule has 116 valence electrons. The molecular formula is C15H15FN2O4. The number of aromatic amines is 1. The fraction of sp³-hybridized carbons (Fsp3) is 0.200. The molecular weight excluding hydrogens is 291 g/mol. The van der Waals surface area contributed by atoms with Crippen LogP contribution in [-0.2, 0) is 0 Å². The van der Waals surface area contributed by atoms with Gasteiger partial charge in [0.1, 0.15) is 29.8 Å². The third kappa shape index (κ3) is 4.42. The number of H-pyrrole nitrogens is 1. The molecule has 2 aromatic rings. The Bertz CT molecular complexity index is 702. The maximum absolute atomic E-state index is 12.9. The molecule has 1 aromatic carbocycles. The Hall–Kier alpha value is -2.67. The van der Waals surface area contributed by atoms with Gasteiger partial charge in [0.25, 0.3) is 11.5 Å². The highest BCUT2D eigenvalue weighted by molar-refractivity contribution is 5.93. The van der Waals surface area contributed by atoms with Crippen LogP contribution < -0.4 is 15.6 Å². The highest BCUT2D eigenvalue weighted by Gasteiger charge is 2.12. The molecule has 0 radical (unpaired) electrons. The first kappa shape index (κ1) is 15.7. The number of hydrogen-bond donors (Lipinski definition) is 3. The van der Waals surface area contributed by atoms with Crippen LogP contribution in [0.15, 0.2) is 47.4 Å². The smallest absolute Gasteiger partial charge is 0.260 e. The number of nitrogens with one attached hydrogen (secondary N) is 2. The van der Waals surface area contributed by atoms with Gasteiger partial charge < -0.3 is 20.1 Å². The number of ether oxygens (including phenoxy) is 1. The Balaban J connectivity index is 1.80. The summed E-state index contributed by atoms with van der Waals surface area (Å²) in [6.07, 6.45) is 0.427. The lowest BCUT2D eigenvalue weighted by Gasteiger charge is -2.13. The Morgan fingerprint density at radius 3 is 2.91 bits per heavy atom. The molecule has 6 nitrogen and oxygen atoms in total. The molecule has 0 saturated carbocycles. The number of carbonyl (C=O) groups excluding carboxylic acids is 1. The van der Waals surface area contributed by atoms with E-state index in [1.165, 1.54) is 36.5 Å². The van der Waals surface area contributed by atoms with E-state index in [0.717, 1.165) is 0 Å². The van der Waals surface area contributed by atoms with Gasteiger partial charge in [-0.1, -0.05) is 6.07 Å². The summed E-state index contributed by atoms with van der Waals surface area (Å²) >= 11 is 0. The van der Waals surface area contributed by atoms with E-state index in [4.69, 9.17) is 4.74 Å². The van der Waals surface area contributed by atoms with Gasteiger partial charge in [-0.05, 0) is 24.3 Å². The molecule has 0 bridgehead atoms. The van der Waals surface area contributed by atoms with Gasteiger partial charge in [-0.3, -0.25) is 9.59 Å². The molecule has 0 unspecified atom stereocenters. The highest BCUT2D eigenvalue weighted by atomic mass is 19.1. The van der Waals surface area contributed by atoms with Gasteiger partial charge in [0, 0.05) is 18.8 Å². The summed E-state index contributed by atoms with van der Waals surface area (Å²) in [7, 11) is 0. The molecule has 1 atom stereocenters. The molecule has 7 heteroatoms. The molecule has 1 amide bonds. The minimum absolute atomic E-state index is 0.0410. The SMILES string of the molecule is O=C(NC[C@@H](O)COc1cccc(F)c1)c1ccc[nH]c1=O. The molecule has 0 spiro atoms. The lowest BCUT2D eigenvalue weighted by Crippen LogP contribution is -2.37. The number of aliphatic hydroxyl groups is 1. The maximum Gasteiger partial charge on any atom is 0.260 e. The van der Waals surface area contributed by atoms with Crippen molar-refractivity contribution in [2.24, 2.45) is 0 Å². The van der Waals surface area contributed by atoms with Crippen LogP contribution in [0.4, 0.5) is 4.39 Å². The molecule has 1 aromatic heterocycles. The summed E-state index contributed by atoms with van der Waals surface area (Å²) in [5.74, 6) is -0.750. The van der Waals surface area contributed by atoms with Crippen molar-refractivity contribution in [2.75, 3.05) is 13.2 Å². The number of benzene rings is 1. The number of hydrogen-bond acceptors (Lipinski definition) is 4. The van der Waals surface area contributed by atoms with E-state index in [1.54, 1.807) is 6.07 Å². The zero-order valence-corrected chi connectivity index (χ0v) is 11.6. The highest BCUT2D eigenvalue weighted by Crippen LogP contribution is 2.11. The zero-order chi connectivity index (χ0) is 15.9. The second-order valence-corrected chi connectivity index (χ2v) is 4.55. The average molecular weight is 306 g/mol. The van der Waals surface area contributed by atoms with Crippen molar-refractivity contribution < 1.29 is 19.0 Å². The molecule has 0 aliphatic heterocycles. The number of carbonyl (C=O) groups is 1. The van der Waals surface area contributed by atoms with Crippen molar-refractivity contribution in [1.82, 2.24) is 10.3 Å². The Labute approximate surface area is 125 Å². The second-order valence-electron chi connectivity index (χ2n) is 4.55. The van der Waals surface area contributed by atoms with E-state index in [9.17, 15) is 19.1 Å². The first-order valence-electron chi connectivity index (χ1n) is 6.58. The van der Waals surface area contributed by atoms with Crippen LogP contribution in [0.2, 0.25) is 0 Å². The van der Waals surface area contributed by atoms with Crippen LogP contribution in [0.5, 0.6) is 5.75 Å². The van der Waals surface area contributed by atoms with Gasteiger partial charge in [0.05, 0.1) is 0 Å². The minimum Gasteiger partial charge on any atom is -0.491 e. The lowest BCUT2D eigenvalue weighted by atomic mass is 10.2. The third-order valence-corrected chi connectivity index (χ3v) is 2.80. The molecule has 1 heterocycles. The van der Waals surface area contributed by atoms with Crippen LogP contribution >= 0.6 is 0 Å². The second kappa shape index (κ2) is 7.37. The van der Waals surface area contributed by atoms with Gasteiger partial charge >= 0.3 is 0 Å². The van der Waals surface area contributed by atoms with Crippen LogP contribution in [0, 0.1) is 5.82 Å². The van der Waals surface area contributed by atoms with Crippen molar-refractivity contribution in [2.45, 2.75) is 6.10 Å². The normalized spacial score (nSPS) is 11.7. The fourth-order valence-corrected chi connectivity index (χ4v) is 1.71. The quantitative estimate of drug-likeness (QED) is 0.732. The summed E-state index contributed by atoms with van der Waals surface area (Å²) in [5, 5.41) is 12.1. The summed E-state index contributed by atoms with van der Waals surface area (Å²) in [6.45, 7) is -0.211. The predicted octanol–water partition coefficient (Wildman–Crippen LogP) is 0.684. The average Bonchev–Trinajstić information content (AvgIpc) is 2.51. The number of aromatic nitrogens is 1. The van der Waals surface area contributed by atoms with Crippen molar-refractivity contribution in [3.63, 3.8) is 0 Å². The van der Waals surface area contributed by atoms with Crippen LogP contribution in [0.1, 0.15) is 10.4 Å². The standard InChI is InChI=1S/C15H15FN2O4/c16-10-3-1-4-12(7-10)22-9-11(19)8-18-15(21)13-5-2-6-17-14(13)20/h1-7,11,19H,8-9H2,(H,17,20)(H,18,21)/t11-/m1/s1. The number of rotatable bonds is 6. The molecule has 0 aliphatic rings. The van der Waals surface area contributed by atoms with Gasteiger partial charge in [0.15, 0.2) is 0 Å². The van der Waals surface area contributed by atoms with Crippen LogP contribution in [-0.4, -0.2) is 35.3 Å². The van der Waals surface area contributed by atoms with Crippen molar-refractivity contribution in [3.8, 4) is 5.75 Å². The van der Waals surface area contributed by atoms with Crippen LogP contribution in [0.3, 0.4) is 0 Å². The van der Waals surface area contributed by atoms with E-state index < -0.39 is 23.4 Å². The lowest BCUT2D eigenvalue weighted by molar-refractivity contribution is 0.0842. The molecule has 0 aliphatic carbocycles. The van der Waals surface area contributed by atoms with E-state index in [0.29, 0.717) is 0 Å². The number of halogens is 1. The monoisotopic (exact) mass is 306 g/mol. The first-order chi connectivity index (χ1) is 10.6. The topological polar surface area (TPSA) is 91.4 Å². The molecule has 3 N–H and O–H groups in total. The van der Waals surface area contributed by atoms with Gasteiger partial charge in [-0.25, -0.2) is 4.39 Å². The number of amides is 1. The molecule has 2 rings (SSSR count). The van der Waals surface area contributed by atoms with Gasteiger partial charge in [-0.15, -0.1) is 0 Å². The maximum atomic E-state index is 12.9. The van der Waals surface area contributed by atoms with E-state index in [1.807, 2.05) is 0 Å². The Morgan fingerprint density at radius 1 is 1.36 bits per heavy atom. The summed E-state index contributed by atoms with van der Waals surface area (Å²) in [6, 6.07) is 8.41. The van der Waals surface area contributed by atoms with E-state index >= 15 is 0 Å². The molecule has 22 heavy (non-hydrogen) atoms. The van der Waals surface area contributed by atoms with E-state index in [-0.39, 0.29) is 24.5 Å². The van der Waals surface area contributed by atoms with Crippen molar-refractivity contribution >= 4 is 5.91 Å². The summed E-state index contributed by atoms with van der Waals surface area (Å²) in [5.41, 5.74) is -0.550. The van der Waals surface area contributed by atoms with Crippen LogP contribution in [0.25, 0.3) is 0 Å². The summed E-state index contributed by atoms with van der Waals surface area (Å²) in [4.78, 5) is 25.5. The van der Waals surface area contributed by atoms with Crippen molar-refractivity contribution in [3.05, 3.63) is 64.3 Å². The fourth-order valence-electron chi connectivity index (χ4n) is 1.71. The Morgan fingerprint density at radius 2 is 2.18 bits per heavy atom. The Kier molecular flexibility index (Phi) is 5.26. The number of aliphatic hydroxyl groups excluding tert-OH is 1. The largest absolute Gasteiger partial charge is 0.491 e. The van der Waals surface area contributed by atoms with E-state index in [2.05, 4.69) is 10.3 Å². The third-order valence-electron chi connectivity index (χ3n) is 2.80. The molecule has 0 saturated heterocycles.